The molecule has 112 valence electrons. The van der Waals surface area contributed by atoms with Crippen molar-refractivity contribution in [3.63, 3.8) is 0 Å². The normalized spacial score (nSPS) is 21.5. The summed E-state index contributed by atoms with van der Waals surface area (Å²) >= 11 is 0. The van der Waals surface area contributed by atoms with Crippen molar-refractivity contribution in [2.75, 3.05) is 13.6 Å². The van der Waals surface area contributed by atoms with Gasteiger partial charge in [0.15, 0.2) is 5.54 Å². The Labute approximate surface area is 121 Å². The first-order valence-electron chi connectivity index (χ1n) is 6.35. The molecule has 3 amide bonds. The van der Waals surface area contributed by atoms with E-state index in [9.17, 15) is 19.5 Å². The van der Waals surface area contributed by atoms with Crippen molar-refractivity contribution in [3.05, 3.63) is 35.9 Å². The summed E-state index contributed by atoms with van der Waals surface area (Å²) < 4.78 is 5.05. The van der Waals surface area contributed by atoms with Crippen molar-refractivity contribution >= 4 is 18.1 Å². The van der Waals surface area contributed by atoms with Crippen LogP contribution >= 0.6 is 0 Å². The fourth-order valence-electron chi connectivity index (χ4n) is 2.21. The van der Waals surface area contributed by atoms with Gasteiger partial charge in [0.2, 0.25) is 0 Å². The number of urea groups is 1. The molecule has 0 radical (unpaired) electrons. The van der Waals surface area contributed by atoms with E-state index < -0.39 is 23.6 Å². The van der Waals surface area contributed by atoms with Crippen LogP contribution in [0.3, 0.4) is 0 Å². The van der Waals surface area contributed by atoms with Crippen LogP contribution in [0, 0.1) is 0 Å². The summed E-state index contributed by atoms with van der Waals surface area (Å²) in [5.74, 6) is -1.25. The van der Waals surface area contributed by atoms with E-state index in [4.69, 9.17) is 4.74 Å². The summed E-state index contributed by atoms with van der Waals surface area (Å²) in [4.78, 5) is 37.3. The number of carbonyl (C=O) groups is 3. The zero-order valence-electron chi connectivity index (χ0n) is 11.8. The summed E-state index contributed by atoms with van der Waals surface area (Å²) in [5, 5.41) is 9.28. The second-order valence-electron chi connectivity index (χ2n) is 5.09. The Morgan fingerprint density at radius 1 is 1.33 bits per heavy atom. The molecule has 1 atom stereocenters. The van der Waals surface area contributed by atoms with Gasteiger partial charge in [0.05, 0.1) is 6.54 Å². The van der Waals surface area contributed by atoms with Gasteiger partial charge in [0.1, 0.15) is 6.61 Å². The minimum atomic E-state index is -1.63. The average molecular weight is 292 g/mol. The molecule has 0 bridgehead atoms. The lowest BCUT2D eigenvalue weighted by Gasteiger charge is -2.26. The third-order valence-electron chi connectivity index (χ3n) is 3.40. The maximum Gasteiger partial charge on any atom is 0.419 e. The SMILES string of the molecule is CN1C[C@@](C)(C(=O)O)N(C(=O)OCc2ccccc2)C1=O. The topological polar surface area (TPSA) is 87.2 Å². The first-order valence-corrected chi connectivity index (χ1v) is 6.35. The van der Waals surface area contributed by atoms with Crippen LogP contribution in [-0.4, -0.2) is 52.1 Å². The smallest absolute Gasteiger partial charge is 0.419 e. The van der Waals surface area contributed by atoms with Crippen LogP contribution in [0.15, 0.2) is 30.3 Å². The summed E-state index contributed by atoms with van der Waals surface area (Å²) in [5.41, 5.74) is -0.873. The number of carboxylic acid groups (broad SMARTS) is 1. The molecule has 1 saturated heterocycles. The van der Waals surface area contributed by atoms with Crippen molar-refractivity contribution in [1.29, 1.82) is 0 Å². The highest BCUT2D eigenvalue weighted by Gasteiger charge is 2.54. The van der Waals surface area contributed by atoms with Crippen LogP contribution in [0.4, 0.5) is 9.59 Å². The van der Waals surface area contributed by atoms with Gasteiger partial charge in [0.25, 0.3) is 0 Å². The molecule has 1 N–H and O–H groups in total. The number of likely N-dealkylation sites (N-methyl/N-ethyl adjacent to an activating group) is 1. The van der Waals surface area contributed by atoms with E-state index in [2.05, 4.69) is 0 Å². The monoisotopic (exact) mass is 292 g/mol. The Kier molecular flexibility index (Phi) is 3.84. The number of amides is 3. The minimum absolute atomic E-state index is 0.0249. The fourth-order valence-corrected chi connectivity index (χ4v) is 2.21. The quantitative estimate of drug-likeness (QED) is 0.913. The van der Waals surface area contributed by atoms with E-state index in [0.717, 1.165) is 5.56 Å². The average Bonchev–Trinajstić information content (AvgIpc) is 2.69. The van der Waals surface area contributed by atoms with Crippen molar-refractivity contribution in [2.45, 2.75) is 19.1 Å². The first-order chi connectivity index (χ1) is 9.86. The molecule has 7 nitrogen and oxygen atoms in total. The third kappa shape index (κ3) is 2.67. The van der Waals surface area contributed by atoms with Crippen LogP contribution in [0.2, 0.25) is 0 Å². The highest BCUT2D eigenvalue weighted by atomic mass is 16.6. The van der Waals surface area contributed by atoms with Gasteiger partial charge in [-0.1, -0.05) is 30.3 Å². The molecule has 7 heteroatoms. The molecule has 0 unspecified atom stereocenters. The largest absolute Gasteiger partial charge is 0.479 e. The van der Waals surface area contributed by atoms with Crippen molar-refractivity contribution in [1.82, 2.24) is 9.80 Å². The number of ether oxygens (including phenoxy) is 1. The molecule has 1 aliphatic heterocycles. The van der Waals surface area contributed by atoms with Gasteiger partial charge in [-0.05, 0) is 12.5 Å². The first kappa shape index (κ1) is 14.8. The van der Waals surface area contributed by atoms with Gasteiger partial charge in [-0.2, -0.15) is 0 Å². The molecule has 2 rings (SSSR count). The van der Waals surface area contributed by atoms with Crippen molar-refractivity contribution < 1.29 is 24.2 Å². The summed E-state index contributed by atoms with van der Waals surface area (Å²) in [6.45, 7) is 1.21. The predicted molar refractivity (Wildman–Crippen MR) is 72.5 cm³/mol. The fraction of sp³-hybridized carbons (Fsp3) is 0.357. The minimum Gasteiger partial charge on any atom is -0.479 e. The zero-order chi connectivity index (χ0) is 15.6. The molecule has 0 saturated carbocycles. The van der Waals surface area contributed by atoms with E-state index in [1.54, 1.807) is 24.3 Å². The third-order valence-corrected chi connectivity index (χ3v) is 3.40. The number of nitrogens with zero attached hydrogens (tertiary/aromatic N) is 2. The molecule has 0 aliphatic carbocycles. The van der Waals surface area contributed by atoms with E-state index in [1.807, 2.05) is 6.07 Å². The molecule has 21 heavy (non-hydrogen) atoms. The van der Waals surface area contributed by atoms with Gasteiger partial charge in [0, 0.05) is 7.05 Å². The van der Waals surface area contributed by atoms with E-state index in [0.29, 0.717) is 4.90 Å². The second-order valence-corrected chi connectivity index (χ2v) is 5.09. The highest BCUT2D eigenvalue weighted by Crippen LogP contribution is 2.27. The maximum absolute atomic E-state index is 12.1. The second kappa shape index (κ2) is 5.43. The molecule has 1 aromatic carbocycles. The highest BCUT2D eigenvalue weighted by molar-refractivity contribution is 6.00. The summed E-state index contributed by atoms with van der Waals surface area (Å²) in [6.07, 6.45) is -0.960. The Bertz CT molecular complexity index is 574. The molecular weight excluding hydrogens is 276 g/mol. The van der Waals surface area contributed by atoms with Crippen molar-refractivity contribution in [3.8, 4) is 0 Å². The maximum atomic E-state index is 12.1. The molecule has 0 aromatic heterocycles. The predicted octanol–water partition coefficient (Wildman–Crippen LogP) is 1.53. The summed E-state index contributed by atoms with van der Waals surface area (Å²) in [7, 11) is 1.44. The number of hydrogen-bond donors (Lipinski definition) is 1. The number of benzene rings is 1. The molecule has 1 fully saturated rings. The van der Waals surface area contributed by atoms with Crippen molar-refractivity contribution in [2.24, 2.45) is 0 Å². The van der Waals surface area contributed by atoms with Crippen LogP contribution in [0.5, 0.6) is 0 Å². The van der Waals surface area contributed by atoms with Crippen LogP contribution < -0.4 is 0 Å². The molecule has 1 heterocycles. The molecule has 0 spiro atoms. The van der Waals surface area contributed by atoms with E-state index in [-0.39, 0.29) is 13.2 Å². The van der Waals surface area contributed by atoms with Gasteiger partial charge in [-0.3, -0.25) is 0 Å². The Balaban J connectivity index is 2.13. The van der Waals surface area contributed by atoms with Crippen LogP contribution in [0.25, 0.3) is 0 Å². The van der Waals surface area contributed by atoms with Gasteiger partial charge in [-0.15, -0.1) is 0 Å². The number of rotatable bonds is 3. The lowest BCUT2D eigenvalue weighted by atomic mass is 10.0. The van der Waals surface area contributed by atoms with E-state index in [1.165, 1.54) is 18.9 Å². The lowest BCUT2D eigenvalue weighted by Crippen LogP contribution is -2.53. The standard InChI is InChI=1S/C14H16N2O5/c1-14(11(17)18)9-15(2)12(19)16(14)13(20)21-8-10-6-4-3-5-7-10/h3-7H,8-9H2,1-2H3,(H,17,18)/t14-/m0/s1. The van der Waals surface area contributed by atoms with Gasteiger partial charge in [-0.25, -0.2) is 19.3 Å². The number of imide groups is 1. The molecule has 1 aromatic rings. The van der Waals surface area contributed by atoms with Gasteiger partial charge < -0.3 is 14.7 Å². The summed E-state index contributed by atoms with van der Waals surface area (Å²) in [6, 6.07) is 8.26. The number of carboxylic acids is 1. The Morgan fingerprint density at radius 3 is 2.52 bits per heavy atom. The number of carbonyl (C=O) groups excluding carboxylic acids is 2. The molecular formula is C14H16N2O5. The lowest BCUT2D eigenvalue weighted by molar-refractivity contribution is -0.146. The van der Waals surface area contributed by atoms with Crippen LogP contribution in [-0.2, 0) is 16.1 Å². The molecule has 1 aliphatic rings. The van der Waals surface area contributed by atoms with Crippen LogP contribution in [0.1, 0.15) is 12.5 Å². The zero-order valence-corrected chi connectivity index (χ0v) is 11.8. The Morgan fingerprint density at radius 2 is 1.95 bits per heavy atom. The van der Waals surface area contributed by atoms with Gasteiger partial charge >= 0.3 is 18.1 Å². The number of aliphatic carboxylic acids is 1. The van der Waals surface area contributed by atoms with E-state index >= 15 is 0 Å². The Hall–Kier alpha value is -2.57. The number of hydrogen-bond acceptors (Lipinski definition) is 4.